The number of hydrogen-bond acceptors (Lipinski definition) is 8. The molecule has 5 aromatic rings. The van der Waals surface area contributed by atoms with Gasteiger partial charge in [0.05, 0.1) is 35.7 Å². The Morgan fingerprint density at radius 2 is 0.608 bits per heavy atom. The maximum absolute atomic E-state index is 12.4. The van der Waals surface area contributed by atoms with Crippen LogP contribution in [0.25, 0.3) is 11.4 Å². The lowest BCUT2D eigenvalue weighted by molar-refractivity contribution is 0.295. The molecule has 0 amide bonds. The second kappa shape index (κ2) is 33.8. The first-order valence-corrected chi connectivity index (χ1v) is 27.8. The van der Waals surface area contributed by atoms with Crippen LogP contribution in [0.5, 0.6) is 11.5 Å². The predicted molar refractivity (Wildman–Crippen MR) is 297 cm³/mol. The van der Waals surface area contributed by atoms with Gasteiger partial charge >= 0.3 is 34.1 Å². The first-order valence-electron chi connectivity index (χ1n) is 27.8. The van der Waals surface area contributed by atoms with Crippen molar-refractivity contribution in [1.29, 1.82) is 0 Å². The van der Waals surface area contributed by atoms with Crippen molar-refractivity contribution in [2.24, 2.45) is 0 Å². The zero-order chi connectivity index (χ0) is 52.6. The van der Waals surface area contributed by atoms with Crippen molar-refractivity contribution in [2.45, 2.75) is 194 Å². The van der Waals surface area contributed by atoms with Gasteiger partial charge in [0.2, 0.25) is 0 Å². The fourth-order valence-corrected chi connectivity index (χ4v) is 8.95. The van der Waals surface area contributed by atoms with E-state index in [2.05, 4.69) is 57.5 Å². The molecular formula is C60H80N6O8. The molecule has 4 N–H and O–H groups in total. The zero-order valence-corrected chi connectivity index (χ0v) is 44.1. The molecule has 0 bridgehead atoms. The normalized spacial score (nSPS) is 10.9. The number of nitrogens with one attached hydrogen (secondary N) is 4. The van der Waals surface area contributed by atoms with Crippen LogP contribution in [0.4, 0.5) is 0 Å². The summed E-state index contributed by atoms with van der Waals surface area (Å²) in [6, 6.07) is 16.8. The highest BCUT2D eigenvalue weighted by molar-refractivity contribution is 5.61. The van der Waals surface area contributed by atoms with Crippen LogP contribution in [-0.4, -0.2) is 42.3 Å². The Hall–Kier alpha value is -6.80. The number of unbranched alkanes of at least 4 members (excludes halogenated alkanes) is 26. The fraction of sp³-hybridized carbons (Fsp3) is 0.533. The molecule has 0 unspecified atom stereocenters. The van der Waals surface area contributed by atoms with Crippen LogP contribution in [0.1, 0.15) is 216 Å². The van der Waals surface area contributed by atoms with Crippen molar-refractivity contribution in [3.8, 4) is 46.6 Å². The molecule has 0 atom stereocenters. The van der Waals surface area contributed by atoms with E-state index in [1.54, 1.807) is 48.5 Å². The smallest absolute Gasteiger partial charge is 0.338 e. The van der Waals surface area contributed by atoms with E-state index in [0.717, 1.165) is 47.7 Å². The van der Waals surface area contributed by atoms with Gasteiger partial charge in [-0.1, -0.05) is 204 Å². The van der Waals surface area contributed by atoms with Gasteiger partial charge in [-0.25, -0.2) is 37.9 Å². The summed E-state index contributed by atoms with van der Waals surface area (Å²) < 4.78 is 14.7. The van der Waals surface area contributed by atoms with Crippen LogP contribution in [0.3, 0.4) is 0 Å². The highest BCUT2D eigenvalue weighted by Gasteiger charge is 2.13. The lowest BCUT2D eigenvalue weighted by atomic mass is 10.0. The SMILES string of the molecule is CCCCCCCCCCCCCCCCOc1cc(C#Cc2ccc(-n3c(=O)[nH]c(=O)[nH]c3=O)cc2)c(OCCCCCCCCCCCCCCCC)cc1C#Cc1ccc(-n2c(=O)[nH]c(=O)[nH]c2=O)cc1. The third kappa shape index (κ3) is 21.0. The first kappa shape index (κ1) is 58.1. The maximum Gasteiger partial charge on any atom is 0.338 e. The Kier molecular flexibility index (Phi) is 26.6. The van der Waals surface area contributed by atoms with E-state index < -0.39 is 34.1 Å². The van der Waals surface area contributed by atoms with Crippen molar-refractivity contribution in [3.63, 3.8) is 0 Å². The van der Waals surface area contributed by atoms with E-state index in [9.17, 15) is 28.8 Å². The Labute approximate surface area is 436 Å². The third-order valence-electron chi connectivity index (χ3n) is 13.2. The van der Waals surface area contributed by atoms with Crippen LogP contribution >= 0.6 is 0 Å². The standard InChI is InChI=1S/C60H80N6O8/c1-3-5-7-9-11-13-15-17-19-21-23-25-27-29-43-73-53-45-50(38-32-48-35-41-52(42-36-48)66-59(71)63-56(68)64-60(66)72)54(74-44-30-28-26-24-22-20-18-16-14-12-10-8-6-4-2)46-49(53)37-31-47-33-39-51(40-34-47)65-57(69)61-55(67)62-58(65)70/h33-36,39-42,45-46H,3-30,43-44H2,1-2H3,(H2,61,62,67,69,70)(H2,63,64,68,71,72). The second-order valence-electron chi connectivity index (χ2n) is 19.4. The summed E-state index contributed by atoms with van der Waals surface area (Å²) in [6.45, 7) is 5.49. The number of hydrogen-bond donors (Lipinski definition) is 4. The number of benzene rings is 3. The van der Waals surface area contributed by atoms with Crippen molar-refractivity contribution in [1.82, 2.24) is 29.1 Å². The molecule has 0 aliphatic heterocycles. The maximum atomic E-state index is 12.4. The molecule has 0 fully saturated rings. The molecular weight excluding hydrogens is 933 g/mol. The molecule has 2 aromatic heterocycles. The Bertz CT molecular complexity index is 2670. The van der Waals surface area contributed by atoms with Gasteiger partial charge in [-0.2, -0.15) is 0 Å². The van der Waals surface area contributed by atoms with E-state index in [1.807, 2.05) is 12.1 Å². The van der Waals surface area contributed by atoms with Crippen LogP contribution in [0, 0.1) is 23.7 Å². The average Bonchev–Trinajstić information content (AvgIpc) is 3.38. The minimum Gasteiger partial charge on any atom is -0.492 e. The average molecular weight is 1010 g/mol. The molecule has 0 saturated carbocycles. The monoisotopic (exact) mass is 1010 g/mol. The van der Waals surface area contributed by atoms with Gasteiger partial charge in [-0.05, 0) is 61.4 Å². The molecule has 14 heteroatoms. The number of H-pyrrole nitrogens is 4. The van der Waals surface area contributed by atoms with Gasteiger partial charge in [0.1, 0.15) is 11.5 Å². The number of aromatic nitrogens is 6. The summed E-state index contributed by atoms with van der Waals surface area (Å²) in [6.07, 6.45) is 35.1. The molecule has 0 aliphatic rings. The fourth-order valence-electron chi connectivity index (χ4n) is 8.95. The van der Waals surface area contributed by atoms with Crippen molar-refractivity contribution in [2.75, 3.05) is 13.2 Å². The summed E-state index contributed by atoms with van der Waals surface area (Å²) >= 11 is 0. The third-order valence-corrected chi connectivity index (χ3v) is 13.2. The lowest BCUT2D eigenvalue weighted by Gasteiger charge is -2.14. The number of nitrogens with zero attached hydrogens (tertiary/aromatic N) is 2. The van der Waals surface area contributed by atoms with Gasteiger partial charge in [0.25, 0.3) is 0 Å². The Morgan fingerprint density at radius 1 is 0.351 bits per heavy atom. The molecule has 0 spiro atoms. The summed E-state index contributed by atoms with van der Waals surface area (Å²) in [5.74, 6) is 14.1. The predicted octanol–water partition coefficient (Wildman–Crippen LogP) is 11.3. The largest absolute Gasteiger partial charge is 0.492 e. The van der Waals surface area contributed by atoms with E-state index in [-0.39, 0.29) is 11.4 Å². The van der Waals surface area contributed by atoms with E-state index in [0.29, 0.717) is 47.0 Å². The number of rotatable bonds is 34. The lowest BCUT2D eigenvalue weighted by Crippen LogP contribution is -2.42. The zero-order valence-electron chi connectivity index (χ0n) is 44.1. The molecule has 2 heterocycles. The van der Waals surface area contributed by atoms with Gasteiger partial charge in [-0.3, -0.25) is 19.9 Å². The molecule has 0 aliphatic carbocycles. The topological polar surface area (TPSA) is 194 Å². The number of aromatic amines is 4. The molecule has 3 aromatic carbocycles. The molecule has 398 valence electrons. The van der Waals surface area contributed by atoms with Gasteiger partial charge in [0.15, 0.2) is 0 Å². The van der Waals surface area contributed by atoms with E-state index in [1.165, 1.54) is 141 Å². The number of ether oxygens (including phenoxy) is 2. The summed E-state index contributed by atoms with van der Waals surface area (Å²) in [5, 5.41) is 0. The minimum absolute atomic E-state index is 0.269. The molecule has 5 rings (SSSR count). The summed E-state index contributed by atoms with van der Waals surface area (Å²) in [4.78, 5) is 81.3. The van der Waals surface area contributed by atoms with Crippen molar-refractivity contribution in [3.05, 3.63) is 146 Å². The van der Waals surface area contributed by atoms with Gasteiger partial charge in [0, 0.05) is 23.3 Å². The quantitative estimate of drug-likeness (QED) is 0.0231. The van der Waals surface area contributed by atoms with E-state index in [4.69, 9.17) is 9.47 Å². The summed E-state index contributed by atoms with van der Waals surface area (Å²) in [7, 11) is 0. The van der Waals surface area contributed by atoms with Crippen molar-refractivity contribution >= 4 is 0 Å². The molecule has 74 heavy (non-hydrogen) atoms. The van der Waals surface area contributed by atoms with E-state index >= 15 is 0 Å². The van der Waals surface area contributed by atoms with Crippen LogP contribution < -0.4 is 43.6 Å². The summed E-state index contributed by atoms with van der Waals surface area (Å²) in [5.41, 5.74) is -2.17. The molecule has 0 saturated heterocycles. The molecule has 0 radical (unpaired) electrons. The van der Waals surface area contributed by atoms with Crippen LogP contribution in [-0.2, 0) is 0 Å². The second-order valence-corrected chi connectivity index (χ2v) is 19.4. The van der Waals surface area contributed by atoms with Crippen LogP contribution in [0.2, 0.25) is 0 Å². The highest BCUT2D eigenvalue weighted by Crippen LogP contribution is 2.30. The first-order chi connectivity index (χ1) is 36.2. The molecule has 14 nitrogen and oxygen atoms in total. The van der Waals surface area contributed by atoms with Gasteiger partial charge < -0.3 is 9.47 Å². The highest BCUT2D eigenvalue weighted by atomic mass is 16.5. The van der Waals surface area contributed by atoms with Crippen LogP contribution in [0.15, 0.2) is 89.4 Å². The van der Waals surface area contributed by atoms with Crippen molar-refractivity contribution < 1.29 is 9.47 Å². The minimum atomic E-state index is -0.878. The van der Waals surface area contributed by atoms with Gasteiger partial charge in [-0.15, -0.1) is 0 Å². The Balaban J connectivity index is 1.30. The Morgan fingerprint density at radius 3 is 0.878 bits per heavy atom.